The van der Waals surface area contributed by atoms with E-state index in [0.29, 0.717) is 16.7 Å². The van der Waals surface area contributed by atoms with Crippen LogP contribution in [-0.2, 0) is 0 Å². The molecule has 0 aliphatic heterocycles. The van der Waals surface area contributed by atoms with Crippen LogP contribution in [0.15, 0.2) is 6.07 Å². The van der Waals surface area contributed by atoms with Crippen LogP contribution in [-0.4, -0.2) is 0 Å². The van der Waals surface area contributed by atoms with Crippen molar-refractivity contribution in [2.24, 2.45) is 0 Å². The molecule has 1 aromatic carbocycles. The molecule has 0 spiro atoms. The van der Waals surface area contributed by atoms with Gasteiger partial charge in [0.05, 0.1) is 12.0 Å². The molecule has 0 aromatic heterocycles. The van der Waals surface area contributed by atoms with Gasteiger partial charge in [-0.15, -0.1) is 0 Å². The number of nitrogens with zero attached hydrogens (tertiary/aromatic N) is 1. The lowest BCUT2D eigenvalue weighted by Crippen LogP contribution is -2.03. The van der Waals surface area contributed by atoms with Crippen molar-refractivity contribution in [3.05, 3.63) is 34.4 Å². The van der Waals surface area contributed by atoms with E-state index < -0.39 is 17.6 Å². The normalized spacial score (nSPS) is 12.3. The van der Waals surface area contributed by atoms with Crippen molar-refractivity contribution in [1.82, 2.24) is 0 Å². The summed E-state index contributed by atoms with van der Waals surface area (Å²) in [6.07, 6.45) is 0. The molecule has 1 atom stereocenters. The van der Waals surface area contributed by atoms with Crippen molar-refractivity contribution in [2.75, 3.05) is 0 Å². The summed E-state index contributed by atoms with van der Waals surface area (Å²) >= 11 is 0. The highest BCUT2D eigenvalue weighted by Gasteiger charge is 2.17. The van der Waals surface area contributed by atoms with Crippen LogP contribution in [0.3, 0.4) is 0 Å². The molecule has 1 rings (SSSR count). The highest BCUT2D eigenvalue weighted by atomic mass is 19.1. The Bertz CT molecular complexity index is 378. The average Bonchev–Trinajstić information content (AvgIpc) is 2.15. The maximum absolute atomic E-state index is 13.2. The molecule has 0 radical (unpaired) electrons. The number of nitriles is 1. The van der Waals surface area contributed by atoms with Crippen LogP contribution in [0.1, 0.15) is 29.5 Å². The highest BCUT2D eigenvalue weighted by molar-refractivity contribution is 5.40. The second kappa shape index (κ2) is 3.75. The first kappa shape index (κ1) is 10.6. The van der Waals surface area contributed by atoms with Gasteiger partial charge < -0.3 is 0 Å². The Balaban J connectivity index is 3.49. The van der Waals surface area contributed by atoms with Crippen molar-refractivity contribution < 1.29 is 8.78 Å². The van der Waals surface area contributed by atoms with Crippen LogP contribution in [0.25, 0.3) is 0 Å². The van der Waals surface area contributed by atoms with E-state index in [1.54, 1.807) is 20.8 Å². The molecule has 1 aromatic rings. The van der Waals surface area contributed by atoms with Crippen LogP contribution in [0.2, 0.25) is 0 Å². The molecule has 0 bridgehead atoms. The fourth-order valence-corrected chi connectivity index (χ4v) is 1.58. The molecule has 1 nitrogen and oxygen atoms in total. The van der Waals surface area contributed by atoms with E-state index in [2.05, 4.69) is 0 Å². The monoisotopic (exact) mass is 195 g/mol. The zero-order chi connectivity index (χ0) is 10.9. The quantitative estimate of drug-likeness (QED) is 0.675. The second-order valence-electron chi connectivity index (χ2n) is 3.35. The Morgan fingerprint density at radius 2 is 1.64 bits per heavy atom. The van der Waals surface area contributed by atoms with Gasteiger partial charge in [0.15, 0.2) is 0 Å². The summed E-state index contributed by atoms with van der Waals surface area (Å²) in [5.74, 6) is -1.67. The summed E-state index contributed by atoms with van der Waals surface area (Å²) in [6, 6.07) is 2.84. The minimum Gasteiger partial charge on any atom is -0.207 e. The number of rotatable bonds is 1. The molecule has 0 aliphatic carbocycles. The van der Waals surface area contributed by atoms with Gasteiger partial charge in [0, 0.05) is 6.07 Å². The molecular weight excluding hydrogens is 184 g/mol. The Morgan fingerprint density at radius 3 is 2.00 bits per heavy atom. The second-order valence-corrected chi connectivity index (χ2v) is 3.35. The maximum Gasteiger partial charge on any atom is 0.129 e. The van der Waals surface area contributed by atoms with Gasteiger partial charge in [-0.1, -0.05) is 0 Å². The van der Waals surface area contributed by atoms with E-state index in [4.69, 9.17) is 5.26 Å². The Kier molecular flexibility index (Phi) is 2.85. The van der Waals surface area contributed by atoms with E-state index in [-0.39, 0.29) is 0 Å². The minimum atomic E-state index is -0.592. The van der Waals surface area contributed by atoms with Crippen molar-refractivity contribution in [2.45, 2.75) is 26.7 Å². The van der Waals surface area contributed by atoms with Gasteiger partial charge in [-0.25, -0.2) is 8.78 Å². The molecule has 0 saturated heterocycles. The van der Waals surface area contributed by atoms with Crippen molar-refractivity contribution >= 4 is 0 Å². The van der Waals surface area contributed by atoms with Gasteiger partial charge in [-0.05, 0) is 37.5 Å². The third kappa shape index (κ3) is 1.60. The molecule has 0 saturated carbocycles. The Hall–Kier alpha value is -1.43. The fourth-order valence-electron chi connectivity index (χ4n) is 1.58. The van der Waals surface area contributed by atoms with E-state index >= 15 is 0 Å². The van der Waals surface area contributed by atoms with Crippen LogP contribution in [0, 0.1) is 36.8 Å². The molecular formula is C11H11F2N. The first-order chi connectivity index (χ1) is 6.49. The average molecular weight is 195 g/mol. The highest BCUT2D eigenvalue weighted by Crippen LogP contribution is 2.27. The van der Waals surface area contributed by atoms with E-state index in [0.717, 1.165) is 6.07 Å². The first-order valence-corrected chi connectivity index (χ1v) is 4.33. The summed E-state index contributed by atoms with van der Waals surface area (Å²) in [4.78, 5) is 0. The summed E-state index contributed by atoms with van der Waals surface area (Å²) in [5, 5.41) is 8.72. The molecule has 3 heteroatoms. The number of benzene rings is 1. The standard InChI is InChI=1S/C11H11F2N/c1-6(5-14)11-7(2)9(12)4-10(13)8(11)3/h4,6H,1-3H3. The predicted molar refractivity (Wildman–Crippen MR) is 49.9 cm³/mol. The molecule has 74 valence electrons. The molecule has 14 heavy (non-hydrogen) atoms. The Labute approximate surface area is 82.0 Å². The van der Waals surface area contributed by atoms with Gasteiger partial charge in [-0.3, -0.25) is 0 Å². The zero-order valence-electron chi connectivity index (χ0n) is 8.36. The summed E-state index contributed by atoms with van der Waals surface area (Å²) in [7, 11) is 0. The lowest BCUT2D eigenvalue weighted by molar-refractivity contribution is 0.565. The van der Waals surface area contributed by atoms with Crippen LogP contribution in [0.5, 0.6) is 0 Å². The van der Waals surface area contributed by atoms with Gasteiger partial charge in [-0.2, -0.15) is 5.26 Å². The SMILES string of the molecule is Cc1c(F)cc(F)c(C)c1C(C)C#N. The largest absolute Gasteiger partial charge is 0.207 e. The van der Waals surface area contributed by atoms with Crippen LogP contribution >= 0.6 is 0 Å². The fraction of sp³-hybridized carbons (Fsp3) is 0.364. The van der Waals surface area contributed by atoms with Crippen molar-refractivity contribution in [1.29, 1.82) is 5.26 Å². The number of halogens is 2. The van der Waals surface area contributed by atoms with E-state index in [1.807, 2.05) is 6.07 Å². The van der Waals surface area contributed by atoms with Crippen LogP contribution < -0.4 is 0 Å². The summed E-state index contributed by atoms with van der Waals surface area (Å²) in [5.41, 5.74) is 1.18. The zero-order valence-corrected chi connectivity index (χ0v) is 8.36. The van der Waals surface area contributed by atoms with Gasteiger partial charge >= 0.3 is 0 Å². The van der Waals surface area contributed by atoms with E-state index in [1.165, 1.54) is 0 Å². The van der Waals surface area contributed by atoms with Gasteiger partial charge in [0.2, 0.25) is 0 Å². The van der Waals surface area contributed by atoms with Crippen molar-refractivity contribution in [3.63, 3.8) is 0 Å². The lowest BCUT2D eigenvalue weighted by atomic mass is 9.92. The molecule has 0 N–H and O–H groups in total. The lowest BCUT2D eigenvalue weighted by Gasteiger charge is -2.12. The van der Waals surface area contributed by atoms with Crippen molar-refractivity contribution in [3.8, 4) is 6.07 Å². The molecule has 0 fully saturated rings. The molecule has 0 amide bonds. The first-order valence-electron chi connectivity index (χ1n) is 4.33. The topological polar surface area (TPSA) is 23.8 Å². The molecule has 1 unspecified atom stereocenters. The number of hydrogen-bond donors (Lipinski definition) is 0. The predicted octanol–water partition coefficient (Wildman–Crippen LogP) is 3.21. The third-order valence-electron chi connectivity index (χ3n) is 2.40. The number of hydrogen-bond acceptors (Lipinski definition) is 1. The molecule has 0 heterocycles. The maximum atomic E-state index is 13.2. The third-order valence-corrected chi connectivity index (χ3v) is 2.40. The van der Waals surface area contributed by atoms with E-state index in [9.17, 15) is 8.78 Å². The Morgan fingerprint density at radius 1 is 1.21 bits per heavy atom. The van der Waals surface area contributed by atoms with Gasteiger partial charge in [0.1, 0.15) is 11.6 Å². The molecule has 0 aliphatic rings. The summed E-state index contributed by atoms with van der Waals surface area (Å²) < 4.78 is 26.3. The van der Waals surface area contributed by atoms with Crippen LogP contribution in [0.4, 0.5) is 8.78 Å². The van der Waals surface area contributed by atoms with Gasteiger partial charge in [0.25, 0.3) is 0 Å². The summed E-state index contributed by atoms with van der Waals surface area (Å²) in [6.45, 7) is 4.75. The minimum absolute atomic E-state index is 0.359. The smallest absolute Gasteiger partial charge is 0.129 e.